The number of rotatable bonds is 2. The lowest BCUT2D eigenvalue weighted by Crippen LogP contribution is -2.53. The van der Waals surface area contributed by atoms with Gasteiger partial charge in [0.1, 0.15) is 4.91 Å². The van der Waals surface area contributed by atoms with E-state index in [-0.39, 0.29) is 23.4 Å². The van der Waals surface area contributed by atoms with Crippen molar-refractivity contribution in [2.45, 2.75) is 20.0 Å². The Morgan fingerprint density at radius 2 is 2.12 bits per heavy atom. The van der Waals surface area contributed by atoms with Crippen LogP contribution >= 0.6 is 0 Å². The van der Waals surface area contributed by atoms with Crippen molar-refractivity contribution in [3.63, 3.8) is 0 Å². The van der Waals surface area contributed by atoms with Crippen molar-refractivity contribution in [2.75, 3.05) is 13.1 Å². The van der Waals surface area contributed by atoms with Gasteiger partial charge in [0.25, 0.3) is 0 Å². The minimum Gasteiger partial charge on any atom is -0.390 e. The number of hydrogen-bond acceptors (Lipinski definition) is 4. The summed E-state index contributed by atoms with van der Waals surface area (Å²) in [7, 11) is -3.50. The molecule has 1 N–H and O–H groups in total. The van der Waals surface area contributed by atoms with Gasteiger partial charge in [-0.25, -0.2) is 8.42 Å². The minimum absolute atomic E-state index is 0.167. The summed E-state index contributed by atoms with van der Waals surface area (Å²) in [5, 5.41) is 9.15. The molecule has 0 amide bonds. The van der Waals surface area contributed by atoms with Crippen molar-refractivity contribution >= 4 is 16.2 Å². The molecule has 0 aromatic rings. The summed E-state index contributed by atoms with van der Waals surface area (Å²) in [5.41, 5.74) is -0.248. The molecule has 2 rings (SSSR count). The van der Waals surface area contributed by atoms with Crippen LogP contribution in [0.1, 0.15) is 13.8 Å². The second kappa shape index (κ2) is 4.04. The highest BCUT2D eigenvalue weighted by Gasteiger charge is 2.36. The third-order valence-corrected chi connectivity index (χ3v) is 4.57. The smallest absolute Gasteiger partial charge is 0.244 e. The molecule has 0 unspecified atom stereocenters. The van der Waals surface area contributed by atoms with Crippen molar-refractivity contribution in [2.24, 2.45) is 10.4 Å². The molecule has 2 aliphatic rings. The first-order valence-corrected chi connectivity index (χ1v) is 6.87. The second-order valence-electron chi connectivity index (χ2n) is 4.94. The number of sulfonamides is 1. The number of nitrogens with zero attached hydrogens (tertiary/aromatic N) is 2. The fourth-order valence-corrected chi connectivity index (χ4v) is 3.07. The average Bonchev–Trinajstić information content (AvgIpc) is 2.34. The van der Waals surface area contributed by atoms with Crippen LogP contribution in [0.2, 0.25) is 0 Å². The molecule has 94 valence electrons. The van der Waals surface area contributed by atoms with Gasteiger partial charge in [0.15, 0.2) is 0 Å². The van der Waals surface area contributed by atoms with E-state index in [4.69, 9.17) is 5.11 Å². The van der Waals surface area contributed by atoms with Crippen molar-refractivity contribution in [1.82, 2.24) is 4.31 Å². The van der Waals surface area contributed by atoms with Crippen molar-refractivity contribution in [3.05, 3.63) is 23.3 Å². The maximum absolute atomic E-state index is 12.1. The van der Waals surface area contributed by atoms with E-state index in [1.165, 1.54) is 10.5 Å². The molecule has 1 fully saturated rings. The van der Waals surface area contributed by atoms with E-state index >= 15 is 0 Å². The SMILES string of the molecule is CC1(C)C=CC(S(=O)(=O)N2CC(O)C2)=CN=C1. The first kappa shape index (κ1) is 12.5. The van der Waals surface area contributed by atoms with E-state index in [1.807, 2.05) is 19.9 Å². The van der Waals surface area contributed by atoms with Crippen LogP contribution in [-0.2, 0) is 10.0 Å². The highest BCUT2D eigenvalue weighted by Crippen LogP contribution is 2.25. The fraction of sp³-hybridized carbons (Fsp3) is 0.545. The van der Waals surface area contributed by atoms with Gasteiger partial charge in [0, 0.05) is 30.9 Å². The molecule has 1 saturated heterocycles. The molecule has 17 heavy (non-hydrogen) atoms. The van der Waals surface area contributed by atoms with Crippen molar-refractivity contribution in [3.8, 4) is 0 Å². The second-order valence-corrected chi connectivity index (χ2v) is 6.88. The first-order valence-electron chi connectivity index (χ1n) is 5.43. The van der Waals surface area contributed by atoms with Gasteiger partial charge in [-0.1, -0.05) is 19.9 Å². The minimum atomic E-state index is -3.50. The zero-order valence-electron chi connectivity index (χ0n) is 9.87. The van der Waals surface area contributed by atoms with E-state index in [1.54, 1.807) is 12.3 Å². The Hall–Kier alpha value is -0.980. The predicted molar refractivity (Wildman–Crippen MR) is 66.0 cm³/mol. The molecule has 0 aliphatic carbocycles. The molecule has 0 spiro atoms. The van der Waals surface area contributed by atoms with E-state index in [0.717, 1.165) is 0 Å². The predicted octanol–water partition coefficient (Wildman–Crippen LogP) is 0.501. The molecule has 0 atom stereocenters. The molecule has 0 aromatic carbocycles. The molecular weight excluding hydrogens is 240 g/mol. The summed E-state index contributed by atoms with van der Waals surface area (Å²) in [6, 6.07) is 0. The van der Waals surface area contributed by atoms with E-state index in [0.29, 0.717) is 0 Å². The quantitative estimate of drug-likeness (QED) is 0.782. The molecule has 0 bridgehead atoms. The molecule has 5 nitrogen and oxygen atoms in total. The van der Waals surface area contributed by atoms with Crippen LogP contribution in [0.3, 0.4) is 0 Å². The van der Waals surface area contributed by atoms with Crippen molar-refractivity contribution in [1.29, 1.82) is 0 Å². The monoisotopic (exact) mass is 256 g/mol. The van der Waals surface area contributed by atoms with Gasteiger partial charge >= 0.3 is 0 Å². The highest BCUT2D eigenvalue weighted by molar-refractivity contribution is 7.93. The zero-order chi connectivity index (χ0) is 12.7. The third kappa shape index (κ3) is 2.48. The topological polar surface area (TPSA) is 70.0 Å². The molecule has 2 heterocycles. The molecule has 6 heteroatoms. The van der Waals surface area contributed by atoms with E-state index < -0.39 is 16.1 Å². The van der Waals surface area contributed by atoms with Crippen LogP contribution in [0.5, 0.6) is 0 Å². The summed E-state index contributed by atoms with van der Waals surface area (Å²) in [6.45, 7) is 4.23. The van der Waals surface area contributed by atoms with E-state index in [2.05, 4.69) is 4.99 Å². The number of aliphatic hydroxyl groups is 1. The summed E-state index contributed by atoms with van der Waals surface area (Å²) >= 11 is 0. The Morgan fingerprint density at radius 1 is 1.47 bits per heavy atom. The van der Waals surface area contributed by atoms with Crippen LogP contribution in [0.25, 0.3) is 0 Å². The van der Waals surface area contributed by atoms with Crippen LogP contribution in [-0.4, -0.2) is 43.2 Å². The number of aliphatic imine (C=N–C) groups is 1. The largest absolute Gasteiger partial charge is 0.390 e. The standard InChI is InChI=1S/C11H16N2O3S/c1-11(2)4-3-10(5-12-8-11)17(15,16)13-6-9(14)7-13/h3-5,8-9,14H,6-7H2,1-2H3. The first-order chi connectivity index (χ1) is 7.81. The zero-order valence-corrected chi connectivity index (χ0v) is 10.7. The summed E-state index contributed by atoms with van der Waals surface area (Å²) in [5.74, 6) is 0. The van der Waals surface area contributed by atoms with Gasteiger partial charge in [0.2, 0.25) is 10.0 Å². The molecule has 2 aliphatic heterocycles. The Kier molecular flexibility index (Phi) is 2.97. The number of hydrogen-bond donors (Lipinski definition) is 1. The van der Waals surface area contributed by atoms with Gasteiger partial charge in [-0.2, -0.15) is 4.31 Å². The summed E-state index contributed by atoms with van der Waals surface area (Å²) in [4.78, 5) is 4.19. The normalized spacial score (nSPS) is 25.2. The fourth-order valence-electron chi connectivity index (χ4n) is 1.60. The van der Waals surface area contributed by atoms with Crippen LogP contribution < -0.4 is 0 Å². The molecule has 0 aromatic heterocycles. The lowest BCUT2D eigenvalue weighted by molar-refractivity contribution is 0.0554. The van der Waals surface area contributed by atoms with Crippen LogP contribution in [0, 0.1) is 5.41 Å². The van der Waals surface area contributed by atoms with E-state index in [9.17, 15) is 8.42 Å². The molecule has 0 saturated carbocycles. The number of allylic oxidation sites excluding steroid dienone is 2. The Balaban J connectivity index is 2.24. The Labute approximate surface area is 101 Å². The van der Waals surface area contributed by atoms with Gasteiger partial charge < -0.3 is 5.11 Å². The lowest BCUT2D eigenvalue weighted by Gasteiger charge is -2.34. The average molecular weight is 256 g/mol. The number of aliphatic hydroxyl groups excluding tert-OH is 1. The Morgan fingerprint density at radius 3 is 2.71 bits per heavy atom. The highest BCUT2D eigenvalue weighted by atomic mass is 32.2. The van der Waals surface area contributed by atoms with Crippen molar-refractivity contribution < 1.29 is 13.5 Å². The summed E-state index contributed by atoms with van der Waals surface area (Å²) in [6.07, 6.45) is 5.90. The molecular formula is C11H16N2O3S. The third-order valence-electron chi connectivity index (χ3n) is 2.75. The number of β-amino-alcohol motifs (C(OH)–C–C–N with tert-alkyl or cyclic N) is 1. The van der Waals surface area contributed by atoms with Gasteiger partial charge in [-0.15, -0.1) is 0 Å². The van der Waals surface area contributed by atoms with Crippen LogP contribution in [0.15, 0.2) is 28.2 Å². The molecule has 0 radical (unpaired) electrons. The summed E-state index contributed by atoms with van der Waals surface area (Å²) < 4.78 is 25.4. The van der Waals surface area contributed by atoms with Gasteiger partial charge in [-0.05, 0) is 6.08 Å². The lowest BCUT2D eigenvalue weighted by atomic mass is 9.95. The van der Waals surface area contributed by atoms with Gasteiger partial charge in [-0.3, -0.25) is 4.99 Å². The maximum Gasteiger partial charge on any atom is 0.244 e. The maximum atomic E-state index is 12.1. The van der Waals surface area contributed by atoms with Crippen LogP contribution in [0.4, 0.5) is 0 Å². The Bertz CT molecular complexity index is 497. The van der Waals surface area contributed by atoms with Gasteiger partial charge in [0.05, 0.1) is 6.10 Å².